The fourth-order valence-electron chi connectivity index (χ4n) is 1.91. The lowest BCUT2D eigenvalue weighted by molar-refractivity contribution is 0.0477. The van der Waals surface area contributed by atoms with Crippen molar-refractivity contribution in [2.24, 2.45) is 0 Å². The molecule has 0 aliphatic rings. The van der Waals surface area contributed by atoms with Gasteiger partial charge in [-0.1, -0.05) is 39.7 Å². The summed E-state index contributed by atoms with van der Waals surface area (Å²) < 4.78 is 19.3. The summed E-state index contributed by atoms with van der Waals surface area (Å²) in [6.45, 7) is 1.78. The van der Waals surface area contributed by atoms with Crippen LogP contribution in [0.3, 0.4) is 0 Å². The topological polar surface area (TPSA) is 29.5 Å². The molecule has 0 amide bonds. The van der Waals surface area contributed by atoms with E-state index in [1.54, 1.807) is 37.3 Å². The summed E-state index contributed by atoms with van der Waals surface area (Å²) >= 11 is 9.18. The van der Waals surface area contributed by atoms with Crippen molar-refractivity contribution >= 4 is 27.5 Å². The number of hydrogen-bond acceptors (Lipinski definition) is 2. The van der Waals surface area contributed by atoms with Gasteiger partial charge in [0, 0.05) is 15.9 Å². The third-order valence-corrected chi connectivity index (χ3v) is 4.08. The minimum atomic E-state index is -0.717. The van der Waals surface area contributed by atoms with Gasteiger partial charge in [-0.15, -0.1) is 0 Å². The SMILES string of the molecule is CC(Oc1cccc(Cl)c1)C(O)Cc1ccc(F)cc1Br. The molecule has 2 unspecified atom stereocenters. The minimum Gasteiger partial charge on any atom is -0.488 e. The predicted octanol–water partition coefficient (Wildman–Crippen LogP) is 4.61. The van der Waals surface area contributed by atoms with E-state index in [2.05, 4.69) is 15.9 Å². The fraction of sp³-hybridized carbons (Fsp3) is 0.250. The van der Waals surface area contributed by atoms with E-state index in [1.807, 2.05) is 0 Å². The molecule has 2 atom stereocenters. The molecule has 0 radical (unpaired) electrons. The van der Waals surface area contributed by atoms with Gasteiger partial charge in [-0.3, -0.25) is 0 Å². The standard InChI is InChI=1S/C16H15BrClFO2/c1-10(21-14-4-2-3-12(18)8-14)16(20)7-11-5-6-13(19)9-15(11)17/h2-6,8-10,16,20H,7H2,1H3. The fourth-order valence-corrected chi connectivity index (χ4v) is 2.61. The Balaban J connectivity index is 2.00. The molecular formula is C16H15BrClFO2. The second-order valence-corrected chi connectivity index (χ2v) is 6.08. The largest absolute Gasteiger partial charge is 0.488 e. The zero-order valence-corrected chi connectivity index (χ0v) is 13.7. The number of rotatable bonds is 5. The van der Waals surface area contributed by atoms with E-state index < -0.39 is 12.2 Å². The van der Waals surface area contributed by atoms with Crippen LogP contribution in [-0.2, 0) is 6.42 Å². The predicted molar refractivity (Wildman–Crippen MR) is 85.4 cm³/mol. The van der Waals surface area contributed by atoms with Crippen LogP contribution in [0.25, 0.3) is 0 Å². The first-order chi connectivity index (χ1) is 9.95. The first-order valence-electron chi connectivity index (χ1n) is 6.50. The van der Waals surface area contributed by atoms with Gasteiger partial charge in [0.1, 0.15) is 17.7 Å². The molecule has 2 aromatic rings. The molecule has 2 nitrogen and oxygen atoms in total. The van der Waals surface area contributed by atoms with Crippen LogP contribution in [-0.4, -0.2) is 17.3 Å². The molecular weight excluding hydrogens is 359 g/mol. The lowest BCUT2D eigenvalue weighted by Crippen LogP contribution is -2.30. The van der Waals surface area contributed by atoms with Crippen molar-refractivity contribution in [3.8, 4) is 5.75 Å². The van der Waals surface area contributed by atoms with Gasteiger partial charge in [-0.05, 0) is 42.8 Å². The van der Waals surface area contributed by atoms with E-state index in [1.165, 1.54) is 12.1 Å². The second kappa shape index (κ2) is 7.25. The summed E-state index contributed by atoms with van der Waals surface area (Å²) in [6, 6.07) is 11.4. The van der Waals surface area contributed by atoms with Gasteiger partial charge in [-0.25, -0.2) is 4.39 Å². The Morgan fingerprint density at radius 3 is 2.71 bits per heavy atom. The third kappa shape index (κ3) is 4.70. The van der Waals surface area contributed by atoms with E-state index in [4.69, 9.17) is 16.3 Å². The van der Waals surface area contributed by atoms with Gasteiger partial charge in [-0.2, -0.15) is 0 Å². The molecule has 0 spiro atoms. The average molecular weight is 374 g/mol. The Morgan fingerprint density at radius 2 is 2.05 bits per heavy atom. The van der Waals surface area contributed by atoms with Gasteiger partial charge in [0.15, 0.2) is 0 Å². The number of halogens is 3. The highest BCUT2D eigenvalue weighted by Crippen LogP contribution is 2.22. The van der Waals surface area contributed by atoms with Crippen molar-refractivity contribution in [2.45, 2.75) is 25.6 Å². The molecule has 5 heteroatoms. The van der Waals surface area contributed by atoms with E-state index >= 15 is 0 Å². The van der Waals surface area contributed by atoms with Gasteiger partial charge in [0.2, 0.25) is 0 Å². The molecule has 2 aromatic carbocycles. The van der Waals surface area contributed by atoms with Gasteiger partial charge >= 0.3 is 0 Å². The van der Waals surface area contributed by atoms with E-state index in [0.717, 1.165) is 5.56 Å². The Kier molecular flexibility index (Phi) is 5.62. The monoisotopic (exact) mass is 372 g/mol. The Labute approximate surface area is 136 Å². The zero-order chi connectivity index (χ0) is 15.4. The first-order valence-corrected chi connectivity index (χ1v) is 7.67. The van der Waals surface area contributed by atoms with Crippen LogP contribution in [0.2, 0.25) is 5.02 Å². The van der Waals surface area contributed by atoms with Crippen LogP contribution in [0.1, 0.15) is 12.5 Å². The molecule has 0 aliphatic carbocycles. The maximum absolute atomic E-state index is 13.0. The maximum atomic E-state index is 13.0. The molecule has 0 fully saturated rings. The molecule has 0 heterocycles. The molecule has 0 bridgehead atoms. The van der Waals surface area contributed by atoms with Gasteiger partial charge in [0.25, 0.3) is 0 Å². The van der Waals surface area contributed by atoms with Crippen molar-refractivity contribution < 1.29 is 14.2 Å². The maximum Gasteiger partial charge on any atom is 0.124 e. The van der Waals surface area contributed by atoms with E-state index in [9.17, 15) is 9.50 Å². The van der Waals surface area contributed by atoms with E-state index in [0.29, 0.717) is 21.7 Å². The van der Waals surface area contributed by atoms with Crippen molar-refractivity contribution in [2.75, 3.05) is 0 Å². The Morgan fingerprint density at radius 1 is 1.29 bits per heavy atom. The molecule has 0 aliphatic heterocycles. The van der Waals surface area contributed by atoms with Crippen molar-refractivity contribution in [1.82, 2.24) is 0 Å². The third-order valence-electron chi connectivity index (χ3n) is 3.10. The van der Waals surface area contributed by atoms with Crippen LogP contribution < -0.4 is 4.74 Å². The summed E-state index contributed by atoms with van der Waals surface area (Å²) in [5, 5.41) is 10.8. The summed E-state index contributed by atoms with van der Waals surface area (Å²) in [7, 11) is 0. The highest BCUT2D eigenvalue weighted by atomic mass is 79.9. The van der Waals surface area contributed by atoms with Crippen molar-refractivity contribution in [1.29, 1.82) is 0 Å². The van der Waals surface area contributed by atoms with Crippen molar-refractivity contribution in [3.05, 3.63) is 63.3 Å². The lowest BCUT2D eigenvalue weighted by Gasteiger charge is -2.21. The smallest absolute Gasteiger partial charge is 0.124 e. The average Bonchev–Trinajstić information content (AvgIpc) is 2.41. The number of ether oxygens (including phenoxy) is 1. The molecule has 2 rings (SSSR count). The molecule has 21 heavy (non-hydrogen) atoms. The van der Waals surface area contributed by atoms with Crippen LogP contribution in [0.5, 0.6) is 5.75 Å². The molecule has 1 N–H and O–H groups in total. The minimum absolute atomic E-state index is 0.316. The molecule has 0 saturated carbocycles. The number of hydrogen-bond donors (Lipinski definition) is 1. The second-order valence-electron chi connectivity index (χ2n) is 4.79. The van der Waals surface area contributed by atoms with Crippen molar-refractivity contribution in [3.63, 3.8) is 0 Å². The summed E-state index contributed by atoms with van der Waals surface area (Å²) in [6.07, 6.45) is -0.769. The quantitative estimate of drug-likeness (QED) is 0.829. The highest BCUT2D eigenvalue weighted by Gasteiger charge is 2.18. The normalized spacial score (nSPS) is 13.8. The molecule has 0 saturated heterocycles. The van der Waals surface area contributed by atoms with Crippen LogP contribution >= 0.6 is 27.5 Å². The highest BCUT2D eigenvalue weighted by molar-refractivity contribution is 9.10. The Hall–Kier alpha value is -1.10. The molecule has 112 valence electrons. The summed E-state index contributed by atoms with van der Waals surface area (Å²) in [5.41, 5.74) is 0.824. The Bertz CT molecular complexity index is 621. The zero-order valence-electron chi connectivity index (χ0n) is 11.4. The van der Waals surface area contributed by atoms with Crippen LogP contribution in [0.4, 0.5) is 4.39 Å². The number of aliphatic hydroxyl groups excluding tert-OH is 1. The number of benzene rings is 2. The van der Waals surface area contributed by atoms with Crippen LogP contribution in [0.15, 0.2) is 46.9 Å². The van der Waals surface area contributed by atoms with Gasteiger partial charge in [0.05, 0.1) is 6.10 Å². The van der Waals surface area contributed by atoms with Gasteiger partial charge < -0.3 is 9.84 Å². The van der Waals surface area contributed by atoms with Crippen LogP contribution in [0, 0.1) is 5.82 Å². The lowest BCUT2D eigenvalue weighted by atomic mass is 10.0. The number of aliphatic hydroxyl groups is 1. The molecule has 0 aromatic heterocycles. The summed E-state index contributed by atoms with van der Waals surface area (Å²) in [5.74, 6) is 0.288. The summed E-state index contributed by atoms with van der Waals surface area (Å²) in [4.78, 5) is 0. The van der Waals surface area contributed by atoms with E-state index in [-0.39, 0.29) is 5.82 Å². The first kappa shape index (κ1) is 16.3.